The summed E-state index contributed by atoms with van der Waals surface area (Å²) in [6, 6.07) is 5.07. The highest BCUT2D eigenvalue weighted by Crippen LogP contribution is 2.41. The molecule has 3 aliphatic rings. The fraction of sp³-hybridized carbons (Fsp3) is 0.519. The fourth-order valence-electron chi connectivity index (χ4n) is 9.60. The Balaban J connectivity index is 1.15. The van der Waals surface area contributed by atoms with Gasteiger partial charge in [0.2, 0.25) is 11.9 Å². The largest absolute Gasteiger partial charge is 0.465 e. The molecule has 3 saturated heterocycles. The second kappa shape index (κ2) is 24.3. The Kier molecular flexibility index (Phi) is 18.3. The standard InChI is InChI=1S/C52H62F7N11O8/c1-50(2,3)43(63-48(74)75)46(73)66-69(24-36-37(53)18-32(19-38(36)54)39-15-16-68(65-39)26-42(55)56)25-41(71)40(62-45(72)44(64-49(76)77-6)51(4,5)52(57,58)59)17-30-10-7-29(8-11-30)9-12-31-20-60-47(61-21-31)67-22-33-13-14-34(23-67)70(33)35-27-78-28-35/h7-8,10-11,15-16,18-21,33-35,40-44,63,71H,13-14,17,22-28H2,1-6H3,(H,62,72)(H,64,76)(H,66,73)(H,74,75)/t33?,34?,40-,41-,43+,44+/m0/s1. The summed E-state index contributed by atoms with van der Waals surface area (Å²) in [5, 5.41) is 32.9. The lowest BCUT2D eigenvalue weighted by atomic mass is 9.82. The summed E-state index contributed by atoms with van der Waals surface area (Å²) in [4.78, 5) is 66.2. The van der Waals surface area contributed by atoms with Crippen molar-refractivity contribution in [3.8, 4) is 23.1 Å². The van der Waals surface area contributed by atoms with Gasteiger partial charge in [0.1, 0.15) is 30.3 Å². The van der Waals surface area contributed by atoms with Gasteiger partial charge in [-0.15, -0.1) is 0 Å². The maximum absolute atomic E-state index is 16.1. The molecule has 6 atom stereocenters. The van der Waals surface area contributed by atoms with Gasteiger partial charge in [0.15, 0.2) is 0 Å². The first-order valence-corrected chi connectivity index (χ1v) is 25.0. The summed E-state index contributed by atoms with van der Waals surface area (Å²) in [5.74, 6) is 1.71. The van der Waals surface area contributed by atoms with Gasteiger partial charge in [-0.2, -0.15) is 18.3 Å². The molecule has 4 aromatic rings. The van der Waals surface area contributed by atoms with E-state index in [9.17, 15) is 51.3 Å². The Morgan fingerprint density at radius 3 is 2.01 bits per heavy atom. The Morgan fingerprint density at radius 1 is 0.859 bits per heavy atom. The van der Waals surface area contributed by atoms with E-state index in [1.165, 1.54) is 33.0 Å². The first-order chi connectivity index (χ1) is 36.7. The monoisotopic (exact) mass is 1100 g/mol. The minimum absolute atomic E-state index is 0.0630. The number of alkyl carbamates (subject to hydrolysis) is 1. The lowest BCUT2D eigenvalue weighted by Gasteiger charge is -2.47. The van der Waals surface area contributed by atoms with Crippen molar-refractivity contribution in [1.82, 2.24) is 51.0 Å². The maximum atomic E-state index is 16.1. The molecule has 4 amide bonds. The van der Waals surface area contributed by atoms with Gasteiger partial charge in [-0.1, -0.05) is 44.7 Å². The molecular formula is C52H62F7N11O8. The van der Waals surface area contributed by atoms with E-state index in [0.29, 0.717) is 54.6 Å². The second-order valence-electron chi connectivity index (χ2n) is 21.2. The Morgan fingerprint density at radius 2 is 1.47 bits per heavy atom. The number of benzene rings is 2. The maximum Gasteiger partial charge on any atom is 0.407 e. The number of rotatable bonds is 19. The molecule has 7 rings (SSSR count). The lowest BCUT2D eigenvalue weighted by molar-refractivity contribution is -0.220. The molecule has 3 aliphatic heterocycles. The third-order valence-electron chi connectivity index (χ3n) is 14.0. The average molecular weight is 1100 g/mol. The summed E-state index contributed by atoms with van der Waals surface area (Å²) in [6.45, 7) is 6.46. The van der Waals surface area contributed by atoms with Crippen LogP contribution in [0.3, 0.4) is 0 Å². The highest BCUT2D eigenvalue weighted by molar-refractivity contribution is 5.87. The molecule has 6 N–H and O–H groups in total. The van der Waals surface area contributed by atoms with Crippen LogP contribution in [0.2, 0.25) is 0 Å². The number of amides is 4. The third-order valence-corrected chi connectivity index (χ3v) is 14.0. The number of ether oxygens (including phenoxy) is 2. The van der Waals surface area contributed by atoms with Crippen molar-refractivity contribution in [3.63, 3.8) is 0 Å². The van der Waals surface area contributed by atoms with Crippen molar-refractivity contribution < 1.29 is 69.6 Å². The molecule has 78 heavy (non-hydrogen) atoms. The number of halogens is 7. The summed E-state index contributed by atoms with van der Waals surface area (Å²) >= 11 is 0. The number of fused-ring (bicyclic) bond motifs is 2. The van der Waals surface area contributed by atoms with Crippen molar-refractivity contribution >= 4 is 29.9 Å². The number of anilines is 1. The average Bonchev–Trinajstić information content (AvgIpc) is 3.92. The first-order valence-electron chi connectivity index (χ1n) is 25.0. The molecule has 0 saturated carbocycles. The van der Waals surface area contributed by atoms with Crippen LogP contribution in [-0.4, -0.2) is 159 Å². The van der Waals surface area contributed by atoms with Gasteiger partial charge >= 0.3 is 18.4 Å². The Hall–Kier alpha value is -7.08. The van der Waals surface area contributed by atoms with E-state index in [2.05, 4.69) is 57.5 Å². The normalized spacial score (nSPS) is 18.5. The van der Waals surface area contributed by atoms with Crippen LogP contribution in [0.4, 0.5) is 46.3 Å². The molecule has 0 radical (unpaired) electrons. The van der Waals surface area contributed by atoms with Crippen molar-refractivity contribution in [3.05, 3.63) is 94.9 Å². The van der Waals surface area contributed by atoms with Crippen LogP contribution in [0.25, 0.3) is 11.3 Å². The van der Waals surface area contributed by atoms with Crippen molar-refractivity contribution in [2.24, 2.45) is 10.8 Å². The number of carboxylic acid groups (broad SMARTS) is 1. The number of carbonyl (C=O) groups excluding carboxylic acids is 3. The number of nitrogens with zero attached hydrogens (tertiary/aromatic N) is 7. The second-order valence-corrected chi connectivity index (χ2v) is 21.2. The van der Waals surface area contributed by atoms with Gasteiger partial charge < -0.3 is 40.5 Å². The summed E-state index contributed by atoms with van der Waals surface area (Å²) in [7, 11) is 0.871. The van der Waals surface area contributed by atoms with Crippen LogP contribution in [0, 0.1) is 34.3 Å². The van der Waals surface area contributed by atoms with E-state index in [-0.39, 0.29) is 17.7 Å². The van der Waals surface area contributed by atoms with Gasteiger partial charge in [0.25, 0.3) is 12.3 Å². The molecule has 0 aliphatic carbocycles. The number of carbonyl (C=O) groups is 4. The number of piperazine rings is 1. The van der Waals surface area contributed by atoms with E-state index in [0.717, 1.165) is 68.1 Å². The van der Waals surface area contributed by atoms with E-state index < -0.39 is 108 Å². The zero-order chi connectivity index (χ0) is 56.9. The fourth-order valence-corrected chi connectivity index (χ4v) is 9.60. The van der Waals surface area contributed by atoms with Gasteiger partial charge in [-0.3, -0.25) is 24.6 Å². The molecule has 2 unspecified atom stereocenters. The summed E-state index contributed by atoms with van der Waals surface area (Å²) in [5.41, 5.74) is -1.21. The Labute approximate surface area is 445 Å². The number of hydrogen-bond acceptors (Lipinski definition) is 13. The molecule has 2 bridgehead atoms. The number of hydrogen-bond donors (Lipinski definition) is 6. The number of aliphatic hydroxyl groups excluding tert-OH is 1. The molecule has 5 heterocycles. The molecular weight excluding hydrogens is 1040 g/mol. The lowest BCUT2D eigenvalue weighted by Crippen LogP contribution is -2.63. The molecule has 0 spiro atoms. The molecule has 19 nitrogen and oxygen atoms in total. The minimum atomic E-state index is -5.10. The minimum Gasteiger partial charge on any atom is -0.465 e. The van der Waals surface area contributed by atoms with Crippen molar-refractivity contribution in [2.75, 3.05) is 44.9 Å². The predicted octanol–water partition coefficient (Wildman–Crippen LogP) is 5.25. The number of methoxy groups -OCH3 is 1. The van der Waals surface area contributed by atoms with Crippen LogP contribution in [0.15, 0.2) is 61.1 Å². The van der Waals surface area contributed by atoms with Gasteiger partial charge in [-0.25, -0.2) is 42.1 Å². The molecule has 422 valence electrons. The van der Waals surface area contributed by atoms with E-state index in [4.69, 9.17) is 4.74 Å². The smallest absolute Gasteiger partial charge is 0.407 e. The highest BCUT2D eigenvalue weighted by Gasteiger charge is 2.56. The van der Waals surface area contributed by atoms with Crippen LogP contribution < -0.4 is 26.3 Å². The Bertz CT molecular complexity index is 2800. The predicted molar refractivity (Wildman–Crippen MR) is 267 cm³/mol. The third kappa shape index (κ3) is 14.3. The first kappa shape index (κ1) is 58.6. The van der Waals surface area contributed by atoms with Crippen molar-refractivity contribution in [2.45, 2.75) is 122 Å². The number of alkyl halides is 5. The van der Waals surface area contributed by atoms with E-state index in [1.54, 1.807) is 36.7 Å². The zero-order valence-corrected chi connectivity index (χ0v) is 43.6. The number of aromatic nitrogens is 4. The van der Waals surface area contributed by atoms with E-state index in [1.807, 2.05) is 5.32 Å². The summed E-state index contributed by atoms with van der Waals surface area (Å²) < 4.78 is 113. The number of nitrogens with one attached hydrogen (secondary N) is 4. The van der Waals surface area contributed by atoms with Gasteiger partial charge in [0.05, 0.1) is 55.2 Å². The van der Waals surface area contributed by atoms with Crippen LogP contribution in [0.5, 0.6) is 0 Å². The van der Waals surface area contributed by atoms with Crippen LogP contribution >= 0.6 is 0 Å². The molecule has 2 aromatic carbocycles. The van der Waals surface area contributed by atoms with Gasteiger partial charge in [0, 0.05) is 73.5 Å². The SMILES string of the molecule is COC(=O)N[C@H](C(=O)N[C@@H](Cc1ccc(C#Cc2cnc(N3CC4CCC(C3)N4C3COC3)nc2)cc1)[C@@H](O)CN(Cc1c(F)cc(-c2ccn(CC(F)F)n2)cc1F)NC(=O)[C@@H](NC(=O)O)C(C)(C)C)C(C)(C)C(F)(F)F. The molecule has 2 aromatic heterocycles. The van der Waals surface area contributed by atoms with Crippen LogP contribution in [0.1, 0.15) is 69.7 Å². The van der Waals surface area contributed by atoms with E-state index >= 15 is 8.78 Å². The highest BCUT2D eigenvalue weighted by atomic mass is 19.4. The summed E-state index contributed by atoms with van der Waals surface area (Å²) in [6.07, 6.45) is -6.51. The van der Waals surface area contributed by atoms with Gasteiger partial charge in [-0.05, 0) is 74.4 Å². The van der Waals surface area contributed by atoms with Crippen molar-refractivity contribution in [1.29, 1.82) is 0 Å². The topological polar surface area (TPSA) is 229 Å². The van der Waals surface area contributed by atoms with Crippen LogP contribution in [-0.2, 0) is 38.6 Å². The molecule has 26 heteroatoms. The number of aliphatic hydroxyl groups is 1. The quantitative estimate of drug-likeness (QED) is 0.0401. The number of hydrazine groups is 1. The molecule has 3 fully saturated rings. The zero-order valence-electron chi connectivity index (χ0n) is 43.6.